The van der Waals surface area contributed by atoms with Crippen molar-refractivity contribution < 1.29 is 9.21 Å². The van der Waals surface area contributed by atoms with Crippen LogP contribution in [-0.2, 0) is 6.54 Å². The van der Waals surface area contributed by atoms with Crippen LogP contribution in [0.25, 0.3) is 0 Å². The predicted molar refractivity (Wildman–Crippen MR) is 95.0 cm³/mol. The summed E-state index contributed by atoms with van der Waals surface area (Å²) in [5, 5.41) is 0. The molecule has 0 aliphatic carbocycles. The molecule has 3 heterocycles. The molecule has 0 N–H and O–H groups in total. The van der Waals surface area contributed by atoms with Crippen LogP contribution in [0.15, 0.2) is 16.5 Å². The lowest BCUT2D eigenvalue weighted by molar-refractivity contribution is 0.0629. The van der Waals surface area contributed by atoms with E-state index in [1.54, 1.807) is 0 Å². The van der Waals surface area contributed by atoms with E-state index in [-0.39, 0.29) is 5.91 Å². The Morgan fingerprint density at radius 2 is 1.88 bits per heavy atom. The Balaban J connectivity index is 1.68. The van der Waals surface area contributed by atoms with Gasteiger partial charge in [-0.15, -0.1) is 0 Å². The summed E-state index contributed by atoms with van der Waals surface area (Å²) >= 11 is 0. The number of hydrogen-bond donors (Lipinski definition) is 0. The van der Waals surface area contributed by atoms with E-state index in [1.165, 1.54) is 12.8 Å². The first-order chi connectivity index (χ1) is 11.6. The van der Waals surface area contributed by atoms with Crippen molar-refractivity contribution in [3.8, 4) is 0 Å². The summed E-state index contributed by atoms with van der Waals surface area (Å²) in [4.78, 5) is 19.7. The quantitative estimate of drug-likeness (QED) is 0.802. The minimum atomic E-state index is 0.0728. The highest BCUT2D eigenvalue weighted by atomic mass is 16.4. The van der Waals surface area contributed by atoms with Gasteiger partial charge in [-0.2, -0.15) is 0 Å². The summed E-state index contributed by atoms with van der Waals surface area (Å²) in [7, 11) is 2.19. The highest BCUT2D eigenvalue weighted by Gasteiger charge is 2.39. The van der Waals surface area contributed by atoms with E-state index in [0.29, 0.717) is 17.8 Å². The molecule has 24 heavy (non-hydrogen) atoms. The van der Waals surface area contributed by atoms with Gasteiger partial charge in [-0.25, -0.2) is 0 Å². The number of furan rings is 1. The van der Waals surface area contributed by atoms with E-state index in [9.17, 15) is 4.79 Å². The first-order valence-corrected chi connectivity index (χ1v) is 9.46. The first kappa shape index (κ1) is 17.5. The summed E-state index contributed by atoms with van der Waals surface area (Å²) in [6.45, 7) is 9.05. The molecule has 2 aliphatic heterocycles. The van der Waals surface area contributed by atoms with Gasteiger partial charge < -0.3 is 14.2 Å². The fraction of sp³-hybridized carbons (Fsp3) is 0.737. The zero-order chi connectivity index (χ0) is 17.1. The highest BCUT2D eigenvalue weighted by molar-refractivity contribution is 5.92. The third-order valence-corrected chi connectivity index (χ3v) is 5.73. The maximum Gasteiger partial charge on any atom is 0.289 e. The fourth-order valence-electron chi connectivity index (χ4n) is 4.25. The van der Waals surface area contributed by atoms with Crippen LogP contribution in [-0.4, -0.2) is 65.9 Å². The van der Waals surface area contributed by atoms with Crippen LogP contribution < -0.4 is 0 Å². The van der Waals surface area contributed by atoms with Crippen molar-refractivity contribution in [1.29, 1.82) is 0 Å². The van der Waals surface area contributed by atoms with E-state index < -0.39 is 0 Å². The van der Waals surface area contributed by atoms with Crippen LogP contribution in [0, 0.1) is 0 Å². The van der Waals surface area contributed by atoms with Gasteiger partial charge >= 0.3 is 0 Å². The predicted octanol–water partition coefficient (Wildman–Crippen LogP) is 2.82. The van der Waals surface area contributed by atoms with Crippen LogP contribution in [0.2, 0.25) is 0 Å². The van der Waals surface area contributed by atoms with Gasteiger partial charge in [0.25, 0.3) is 5.91 Å². The lowest BCUT2D eigenvalue weighted by atomic mass is 10.0. The van der Waals surface area contributed by atoms with Crippen LogP contribution in [0.1, 0.15) is 55.8 Å². The molecule has 0 saturated carbocycles. The van der Waals surface area contributed by atoms with Gasteiger partial charge in [0.05, 0.1) is 6.54 Å². The molecule has 5 heteroatoms. The molecule has 0 spiro atoms. The second-order valence-electron chi connectivity index (χ2n) is 7.13. The number of likely N-dealkylation sites (tertiary alicyclic amines) is 2. The van der Waals surface area contributed by atoms with Gasteiger partial charge in [-0.05, 0) is 64.5 Å². The normalized spacial score (nSPS) is 25.1. The lowest BCUT2D eigenvalue weighted by Gasteiger charge is -2.32. The number of carbonyl (C=O) groups is 1. The molecule has 5 nitrogen and oxygen atoms in total. The highest BCUT2D eigenvalue weighted by Crippen LogP contribution is 2.30. The molecule has 1 amide bonds. The smallest absolute Gasteiger partial charge is 0.289 e. The molecule has 1 aromatic rings. The Labute approximate surface area is 145 Å². The average molecular weight is 333 g/mol. The summed E-state index contributed by atoms with van der Waals surface area (Å²) in [6.07, 6.45) is 4.67. The Hall–Kier alpha value is -1.33. The van der Waals surface area contributed by atoms with Crippen molar-refractivity contribution in [3.05, 3.63) is 23.7 Å². The van der Waals surface area contributed by atoms with E-state index in [2.05, 4.69) is 35.6 Å². The molecule has 134 valence electrons. The SMILES string of the molecule is CCN(CC)Cc1ccc(C(=O)N2CCC[C@@H]2[C@H]2CCCN2C)o1. The minimum absolute atomic E-state index is 0.0728. The molecule has 0 bridgehead atoms. The summed E-state index contributed by atoms with van der Waals surface area (Å²) in [5.41, 5.74) is 0. The second kappa shape index (κ2) is 7.70. The van der Waals surface area contributed by atoms with Crippen LogP contribution >= 0.6 is 0 Å². The molecule has 2 fully saturated rings. The third kappa shape index (κ3) is 3.52. The number of hydrogen-bond acceptors (Lipinski definition) is 4. The van der Waals surface area contributed by atoms with Gasteiger partial charge in [-0.3, -0.25) is 9.69 Å². The van der Waals surface area contributed by atoms with Gasteiger partial charge in [0.1, 0.15) is 5.76 Å². The number of likely N-dealkylation sites (N-methyl/N-ethyl adjacent to an activating group) is 1. The minimum Gasteiger partial charge on any atom is -0.455 e. The molecule has 1 aromatic heterocycles. The van der Waals surface area contributed by atoms with Crippen molar-refractivity contribution in [3.63, 3.8) is 0 Å². The number of carbonyl (C=O) groups excluding carboxylic acids is 1. The average Bonchev–Trinajstić information content (AvgIpc) is 3.32. The molecule has 0 aromatic carbocycles. The Kier molecular flexibility index (Phi) is 5.61. The van der Waals surface area contributed by atoms with E-state index in [1.807, 2.05) is 12.1 Å². The molecule has 0 radical (unpaired) electrons. The molecular weight excluding hydrogens is 302 g/mol. The Bertz CT molecular complexity index is 553. The summed E-state index contributed by atoms with van der Waals surface area (Å²) in [5.74, 6) is 1.46. The maximum atomic E-state index is 13.0. The standard InChI is InChI=1S/C19H31N3O2/c1-4-21(5-2)14-15-10-11-18(24-15)19(23)22-13-7-9-17(22)16-8-6-12-20(16)3/h10-11,16-17H,4-9,12-14H2,1-3H3/t16-,17-/m1/s1. The topological polar surface area (TPSA) is 39.9 Å². The molecular formula is C19H31N3O2. The van der Waals surface area contributed by atoms with Gasteiger partial charge in [-0.1, -0.05) is 13.8 Å². The number of amides is 1. The van der Waals surface area contributed by atoms with Crippen molar-refractivity contribution in [2.45, 2.75) is 58.2 Å². The van der Waals surface area contributed by atoms with Crippen molar-refractivity contribution >= 4 is 5.91 Å². The fourth-order valence-corrected chi connectivity index (χ4v) is 4.25. The summed E-state index contributed by atoms with van der Waals surface area (Å²) in [6, 6.07) is 4.68. The van der Waals surface area contributed by atoms with Gasteiger partial charge in [0.15, 0.2) is 5.76 Å². The molecule has 3 rings (SSSR count). The monoisotopic (exact) mass is 333 g/mol. The zero-order valence-electron chi connectivity index (χ0n) is 15.3. The van der Waals surface area contributed by atoms with Crippen LogP contribution in [0.5, 0.6) is 0 Å². The zero-order valence-corrected chi connectivity index (χ0v) is 15.3. The van der Waals surface area contributed by atoms with E-state index in [4.69, 9.17) is 4.42 Å². The second-order valence-corrected chi connectivity index (χ2v) is 7.13. The van der Waals surface area contributed by atoms with Gasteiger partial charge in [0.2, 0.25) is 0 Å². The van der Waals surface area contributed by atoms with Gasteiger partial charge in [0, 0.05) is 18.6 Å². The van der Waals surface area contributed by atoms with Crippen molar-refractivity contribution in [2.75, 3.05) is 33.2 Å². The summed E-state index contributed by atoms with van der Waals surface area (Å²) < 4.78 is 5.88. The van der Waals surface area contributed by atoms with Crippen molar-refractivity contribution in [1.82, 2.24) is 14.7 Å². The van der Waals surface area contributed by atoms with Crippen LogP contribution in [0.4, 0.5) is 0 Å². The van der Waals surface area contributed by atoms with Crippen LogP contribution in [0.3, 0.4) is 0 Å². The van der Waals surface area contributed by atoms with Crippen molar-refractivity contribution in [2.24, 2.45) is 0 Å². The Morgan fingerprint density at radius 1 is 1.17 bits per heavy atom. The Morgan fingerprint density at radius 3 is 2.54 bits per heavy atom. The molecule has 2 aliphatic rings. The van der Waals surface area contributed by atoms with E-state index >= 15 is 0 Å². The molecule has 2 saturated heterocycles. The molecule has 0 unspecified atom stereocenters. The maximum absolute atomic E-state index is 13.0. The number of nitrogens with zero attached hydrogens (tertiary/aromatic N) is 3. The number of rotatable bonds is 6. The largest absolute Gasteiger partial charge is 0.455 e. The molecule has 2 atom stereocenters. The lowest BCUT2D eigenvalue weighted by Crippen LogP contribution is -2.47. The van der Waals surface area contributed by atoms with E-state index in [0.717, 1.165) is 51.3 Å². The third-order valence-electron chi connectivity index (χ3n) is 5.73. The first-order valence-electron chi connectivity index (χ1n) is 9.46.